The Balaban J connectivity index is 4.19. The van der Waals surface area contributed by atoms with Crippen LogP contribution < -0.4 is 5.32 Å². The Morgan fingerprint density at radius 1 is 1.36 bits per heavy atom. The summed E-state index contributed by atoms with van der Waals surface area (Å²) in [6.07, 6.45) is -1.69. The fraction of sp³-hybridized carbons (Fsp3) is 0.923. The minimum absolute atomic E-state index is 0.0970. The first kappa shape index (κ1) is 21.1. The van der Waals surface area contributed by atoms with E-state index < -0.39 is 27.8 Å². The number of rotatable bonds is 9. The van der Waals surface area contributed by atoms with E-state index in [1.54, 1.807) is 27.7 Å². The van der Waals surface area contributed by atoms with Gasteiger partial charge in [-0.25, -0.2) is 17.5 Å². The van der Waals surface area contributed by atoms with Crippen molar-refractivity contribution in [3.63, 3.8) is 0 Å². The van der Waals surface area contributed by atoms with Crippen LogP contribution in [0.1, 0.15) is 27.7 Å². The van der Waals surface area contributed by atoms with Gasteiger partial charge in [-0.05, 0) is 27.7 Å². The quantitative estimate of drug-likeness (QED) is 0.580. The molecule has 0 spiro atoms. The van der Waals surface area contributed by atoms with Crippen molar-refractivity contribution in [1.29, 1.82) is 0 Å². The zero-order valence-corrected chi connectivity index (χ0v) is 14.8. The molecule has 0 aliphatic carbocycles. The third kappa shape index (κ3) is 9.93. The molecular formula is C13H28N2O6S. The Kier molecular flexibility index (Phi) is 8.91. The Morgan fingerprint density at radius 3 is 2.45 bits per heavy atom. The highest BCUT2D eigenvalue weighted by atomic mass is 32.2. The summed E-state index contributed by atoms with van der Waals surface area (Å²) in [5.74, 6) is -0.149. The number of nitrogens with zero attached hydrogens (tertiary/aromatic N) is 1. The van der Waals surface area contributed by atoms with Crippen LogP contribution in [0.15, 0.2) is 0 Å². The van der Waals surface area contributed by atoms with Gasteiger partial charge in [-0.2, -0.15) is 0 Å². The highest BCUT2D eigenvalue weighted by molar-refractivity contribution is 7.89. The van der Waals surface area contributed by atoms with E-state index in [1.165, 1.54) is 7.05 Å². The van der Waals surface area contributed by atoms with Crippen LogP contribution in [0.5, 0.6) is 0 Å². The fourth-order valence-corrected chi connectivity index (χ4v) is 2.49. The van der Waals surface area contributed by atoms with Crippen LogP contribution in [-0.2, 0) is 19.5 Å². The third-order valence-electron chi connectivity index (χ3n) is 2.51. The highest BCUT2D eigenvalue weighted by Gasteiger charge is 2.22. The average Bonchev–Trinajstić information content (AvgIpc) is 2.34. The molecular weight excluding hydrogens is 312 g/mol. The number of alkyl carbamates (subject to hydrolysis) is 1. The van der Waals surface area contributed by atoms with Crippen LogP contribution in [0.3, 0.4) is 0 Å². The van der Waals surface area contributed by atoms with E-state index in [0.717, 1.165) is 4.31 Å². The Bertz CT molecular complexity index is 432. The van der Waals surface area contributed by atoms with Gasteiger partial charge in [0.1, 0.15) is 5.60 Å². The SMILES string of the molecule is CCOCCS(=O)(=O)N(C)C[C@H](O)CNC(=O)OC(C)(C)C. The Hall–Kier alpha value is -0.900. The number of hydrogen-bond donors (Lipinski definition) is 2. The van der Waals surface area contributed by atoms with E-state index >= 15 is 0 Å². The molecule has 0 saturated heterocycles. The summed E-state index contributed by atoms with van der Waals surface area (Å²) >= 11 is 0. The molecule has 0 rings (SSSR count). The molecule has 0 fully saturated rings. The van der Waals surface area contributed by atoms with E-state index in [0.29, 0.717) is 6.61 Å². The molecule has 0 aromatic heterocycles. The topological polar surface area (TPSA) is 105 Å². The molecule has 0 radical (unpaired) electrons. The van der Waals surface area contributed by atoms with Crippen LogP contribution in [0.4, 0.5) is 4.79 Å². The standard InChI is InChI=1S/C13H28N2O6S/c1-6-20-7-8-22(18,19)15(5)10-11(16)9-14-12(17)21-13(2,3)4/h11,16H,6-10H2,1-5H3,(H,14,17)/t11-/m1/s1. The number of hydrogen-bond acceptors (Lipinski definition) is 6. The van der Waals surface area contributed by atoms with Crippen LogP contribution in [-0.4, -0.2) is 74.7 Å². The van der Waals surface area contributed by atoms with E-state index in [1.807, 2.05) is 0 Å². The zero-order valence-electron chi connectivity index (χ0n) is 14.0. The maximum absolute atomic E-state index is 11.9. The monoisotopic (exact) mass is 340 g/mol. The van der Waals surface area contributed by atoms with Crippen molar-refractivity contribution in [2.75, 3.05) is 39.1 Å². The van der Waals surface area contributed by atoms with Crippen LogP contribution >= 0.6 is 0 Å². The molecule has 9 heteroatoms. The summed E-state index contributed by atoms with van der Waals surface area (Å²) in [7, 11) is -2.12. The van der Waals surface area contributed by atoms with Crippen LogP contribution in [0.2, 0.25) is 0 Å². The number of amides is 1. The van der Waals surface area contributed by atoms with Crippen molar-refractivity contribution in [2.45, 2.75) is 39.4 Å². The van der Waals surface area contributed by atoms with Gasteiger partial charge in [0.15, 0.2) is 0 Å². The van der Waals surface area contributed by atoms with Gasteiger partial charge in [0, 0.05) is 26.7 Å². The lowest BCUT2D eigenvalue weighted by molar-refractivity contribution is 0.0486. The second kappa shape index (κ2) is 9.29. The molecule has 0 unspecified atom stereocenters. The number of likely N-dealkylation sites (N-methyl/N-ethyl adjacent to an activating group) is 1. The van der Waals surface area contributed by atoms with Gasteiger partial charge in [-0.1, -0.05) is 0 Å². The first-order valence-corrected chi connectivity index (χ1v) is 8.75. The molecule has 2 N–H and O–H groups in total. The molecule has 0 aromatic rings. The summed E-state index contributed by atoms with van der Waals surface area (Å²) in [5, 5.41) is 12.2. The number of nitrogens with one attached hydrogen (secondary N) is 1. The fourth-order valence-electron chi connectivity index (χ4n) is 1.45. The molecule has 0 heterocycles. The molecule has 0 bridgehead atoms. The van der Waals surface area contributed by atoms with Gasteiger partial charge in [-0.15, -0.1) is 0 Å². The highest BCUT2D eigenvalue weighted by Crippen LogP contribution is 2.06. The van der Waals surface area contributed by atoms with E-state index in [4.69, 9.17) is 9.47 Å². The van der Waals surface area contributed by atoms with Gasteiger partial charge >= 0.3 is 6.09 Å². The van der Waals surface area contributed by atoms with Crippen molar-refractivity contribution in [3.05, 3.63) is 0 Å². The largest absolute Gasteiger partial charge is 0.444 e. The van der Waals surface area contributed by atoms with Crippen molar-refractivity contribution in [1.82, 2.24) is 9.62 Å². The molecule has 8 nitrogen and oxygen atoms in total. The summed E-state index contributed by atoms with van der Waals surface area (Å²) < 4.78 is 34.9. The normalized spacial score (nSPS) is 14.0. The molecule has 0 aliphatic heterocycles. The number of ether oxygens (including phenoxy) is 2. The van der Waals surface area contributed by atoms with Crippen molar-refractivity contribution >= 4 is 16.1 Å². The van der Waals surface area contributed by atoms with Crippen LogP contribution in [0.25, 0.3) is 0 Å². The van der Waals surface area contributed by atoms with E-state index in [9.17, 15) is 18.3 Å². The van der Waals surface area contributed by atoms with E-state index in [2.05, 4.69) is 5.32 Å². The van der Waals surface area contributed by atoms with Gasteiger partial charge in [0.05, 0.1) is 18.5 Å². The summed E-state index contributed by atoms with van der Waals surface area (Å²) in [6, 6.07) is 0. The summed E-state index contributed by atoms with van der Waals surface area (Å²) in [5.41, 5.74) is -0.631. The third-order valence-corrected chi connectivity index (χ3v) is 4.29. The molecule has 0 saturated carbocycles. The first-order valence-electron chi connectivity index (χ1n) is 7.14. The molecule has 22 heavy (non-hydrogen) atoms. The smallest absolute Gasteiger partial charge is 0.407 e. The number of carbonyl (C=O) groups excluding carboxylic acids is 1. The predicted octanol–water partition coefficient (Wildman–Crippen LogP) is 0.170. The number of aliphatic hydroxyl groups is 1. The number of carbonyl (C=O) groups is 1. The van der Waals surface area contributed by atoms with Gasteiger partial charge < -0.3 is 19.9 Å². The Labute approximate surface area is 132 Å². The minimum atomic E-state index is -3.49. The van der Waals surface area contributed by atoms with Gasteiger partial charge in [0.25, 0.3) is 0 Å². The lowest BCUT2D eigenvalue weighted by atomic mass is 10.2. The first-order chi connectivity index (χ1) is 9.98. The molecule has 0 aromatic carbocycles. The maximum atomic E-state index is 11.9. The lowest BCUT2D eigenvalue weighted by Crippen LogP contribution is -2.43. The van der Waals surface area contributed by atoms with Crippen LogP contribution in [0, 0.1) is 0 Å². The molecule has 1 amide bonds. The average molecular weight is 340 g/mol. The summed E-state index contributed by atoms with van der Waals surface area (Å²) in [4.78, 5) is 11.4. The molecule has 1 atom stereocenters. The number of aliphatic hydroxyl groups excluding tert-OH is 1. The van der Waals surface area contributed by atoms with Crippen molar-refractivity contribution < 1.29 is 27.8 Å². The predicted molar refractivity (Wildman–Crippen MR) is 83.2 cm³/mol. The minimum Gasteiger partial charge on any atom is -0.444 e. The zero-order chi connectivity index (χ0) is 17.4. The van der Waals surface area contributed by atoms with Crippen molar-refractivity contribution in [2.24, 2.45) is 0 Å². The van der Waals surface area contributed by atoms with E-state index in [-0.39, 0.29) is 25.4 Å². The van der Waals surface area contributed by atoms with Crippen molar-refractivity contribution in [3.8, 4) is 0 Å². The summed E-state index contributed by atoms with van der Waals surface area (Å²) in [6.45, 7) is 7.29. The van der Waals surface area contributed by atoms with Gasteiger partial charge in [-0.3, -0.25) is 0 Å². The lowest BCUT2D eigenvalue weighted by Gasteiger charge is -2.22. The number of sulfonamides is 1. The molecule has 0 aliphatic rings. The second-order valence-electron chi connectivity index (χ2n) is 5.83. The Morgan fingerprint density at radius 2 is 1.95 bits per heavy atom. The molecule has 132 valence electrons. The second-order valence-corrected chi connectivity index (χ2v) is 8.03. The van der Waals surface area contributed by atoms with Gasteiger partial charge in [0.2, 0.25) is 10.0 Å². The maximum Gasteiger partial charge on any atom is 0.407 e.